The third-order valence-electron chi connectivity index (χ3n) is 4.30. The van der Waals surface area contributed by atoms with E-state index in [1.54, 1.807) is 12.3 Å². The van der Waals surface area contributed by atoms with E-state index in [2.05, 4.69) is 39.6 Å². The molecule has 0 aliphatic heterocycles. The van der Waals surface area contributed by atoms with Crippen LogP contribution in [0.5, 0.6) is 0 Å². The first kappa shape index (κ1) is 14.4. The summed E-state index contributed by atoms with van der Waals surface area (Å²) in [6.45, 7) is 0. The van der Waals surface area contributed by atoms with Crippen molar-refractivity contribution in [1.29, 1.82) is 5.26 Å². The van der Waals surface area contributed by atoms with E-state index in [4.69, 9.17) is 5.26 Å². The Morgan fingerprint density at radius 1 is 1.00 bits per heavy atom. The molecule has 0 spiro atoms. The molecule has 0 atom stereocenters. The van der Waals surface area contributed by atoms with E-state index in [0.717, 1.165) is 23.4 Å². The molecule has 0 amide bonds. The predicted octanol–water partition coefficient (Wildman–Crippen LogP) is 4.25. The highest BCUT2D eigenvalue weighted by molar-refractivity contribution is 5.64. The molecule has 2 aromatic carbocycles. The largest absolute Gasteiger partial charge is 0.324 e. The monoisotopic (exact) mass is 312 g/mol. The van der Waals surface area contributed by atoms with Crippen molar-refractivity contribution in [2.24, 2.45) is 0 Å². The number of hydrogen-bond donors (Lipinski definition) is 1. The average Bonchev–Trinajstić information content (AvgIpc) is 3.10. The molecule has 3 aromatic rings. The molecule has 4 nitrogen and oxygen atoms in total. The Bertz CT molecular complexity index is 940. The van der Waals surface area contributed by atoms with Gasteiger partial charge in [0.2, 0.25) is 5.95 Å². The molecule has 0 bridgehead atoms. The van der Waals surface area contributed by atoms with Crippen LogP contribution in [0.15, 0.2) is 54.7 Å². The maximum Gasteiger partial charge on any atom is 0.227 e. The molecular formula is C20H16N4. The van der Waals surface area contributed by atoms with E-state index < -0.39 is 0 Å². The van der Waals surface area contributed by atoms with Gasteiger partial charge in [-0.1, -0.05) is 18.2 Å². The summed E-state index contributed by atoms with van der Waals surface area (Å²) in [7, 11) is 0. The summed E-state index contributed by atoms with van der Waals surface area (Å²) in [5.41, 5.74) is 6.21. The molecule has 0 fully saturated rings. The molecule has 0 saturated carbocycles. The second kappa shape index (κ2) is 6.13. The van der Waals surface area contributed by atoms with E-state index in [1.165, 1.54) is 24.0 Å². The first-order valence-corrected chi connectivity index (χ1v) is 8.04. The van der Waals surface area contributed by atoms with E-state index in [0.29, 0.717) is 11.5 Å². The van der Waals surface area contributed by atoms with Crippen LogP contribution in [0.2, 0.25) is 0 Å². The van der Waals surface area contributed by atoms with Crippen molar-refractivity contribution in [1.82, 2.24) is 9.97 Å². The van der Waals surface area contributed by atoms with Crippen molar-refractivity contribution in [3.05, 3.63) is 71.4 Å². The fourth-order valence-electron chi connectivity index (χ4n) is 3.11. The fourth-order valence-corrected chi connectivity index (χ4v) is 3.11. The summed E-state index contributed by atoms with van der Waals surface area (Å²) in [4.78, 5) is 8.88. The van der Waals surface area contributed by atoms with Crippen molar-refractivity contribution >= 4 is 11.6 Å². The van der Waals surface area contributed by atoms with Crippen molar-refractivity contribution in [2.75, 3.05) is 5.32 Å². The molecule has 0 radical (unpaired) electrons. The summed E-state index contributed by atoms with van der Waals surface area (Å²) in [5, 5.41) is 12.3. The SMILES string of the molecule is N#Cc1cccc(-c2ccnc(Nc3ccc4c(c3)CCC4)n2)c1. The number of nitrogens with zero attached hydrogens (tertiary/aromatic N) is 3. The van der Waals surface area contributed by atoms with Gasteiger partial charge >= 0.3 is 0 Å². The van der Waals surface area contributed by atoms with Crippen LogP contribution in [0.3, 0.4) is 0 Å². The van der Waals surface area contributed by atoms with Gasteiger partial charge in [-0.15, -0.1) is 0 Å². The molecule has 1 N–H and O–H groups in total. The minimum Gasteiger partial charge on any atom is -0.324 e. The molecule has 1 aliphatic rings. The van der Waals surface area contributed by atoms with E-state index >= 15 is 0 Å². The second-order valence-electron chi connectivity index (χ2n) is 5.92. The molecule has 0 saturated heterocycles. The third kappa shape index (κ3) is 2.84. The van der Waals surface area contributed by atoms with Crippen LogP contribution in [0.4, 0.5) is 11.6 Å². The number of rotatable bonds is 3. The fraction of sp³-hybridized carbons (Fsp3) is 0.150. The zero-order valence-corrected chi connectivity index (χ0v) is 13.2. The van der Waals surface area contributed by atoms with Gasteiger partial charge in [0.05, 0.1) is 17.3 Å². The summed E-state index contributed by atoms with van der Waals surface area (Å²) in [6, 6.07) is 17.9. The van der Waals surface area contributed by atoms with Gasteiger partial charge in [-0.2, -0.15) is 5.26 Å². The summed E-state index contributed by atoms with van der Waals surface area (Å²) in [6.07, 6.45) is 5.29. The van der Waals surface area contributed by atoms with Crippen LogP contribution in [-0.2, 0) is 12.8 Å². The van der Waals surface area contributed by atoms with Gasteiger partial charge in [0.1, 0.15) is 0 Å². The van der Waals surface area contributed by atoms with Crippen LogP contribution >= 0.6 is 0 Å². The highest BCUT2D eigenvalue weighted by atomic mass is 15.1. The topological polar surface area (TPSA) is 61.6 Å². The second-order valence-corrected chi connectivity index (χ2v) is 5.92. The van der Waals surface area contributed by atoms with E-state index in [1.807, 2.05) is 24.3 Å². The number of nitriles is 1. The lowest BCUT2D eigenvalue weighted by molar-refractivity contribution is 0.912. The molecule has 24 heavy (non-hydrogen) atoms. The van der Waals surface area contributed by atoms with Crippen LogP contribution < -0.4 is 5.32 Å². The highest BCUT2D eigenvalue weighted by Gasteiger charge is 2.11. The average molecular weight is 312 g/mol. The van der Waals surface area contributed by atoms with Crippen LogP contribution in [-0.4, -0.2) is 9.97 Å². The summed E-state index contributed by atoms with van der Waals surface area (Å²) in [5.74, 6) is 0.563. The molecule has 4 rings (SSSR count). The van der Waals surface area contributed by atoms with Crippen molar-refractivity contribution in [2.45, 2.75) is 19.3 Å². The Balaban J connectivity index is 1.62. The van der Waals surface area contributed by atoms with Gasteiger partial charge < -0.3 is 5.32 Å². The Kier molecular flexibility index (Phi) is 3.68. The van der Waals surface area contributed by atoms with Crippen LogP contribution in [0.25, 0.3) is 11.3 Å². The number of anilines is 2. The number of hydrogen-bond acceptors (Lipinski definition) is 4. The zero-order chi connectivity index (χ0) is 16.4. The Morgan fingerprint density at radius 2 is 1.92 bits per heavy atom. The van der Waals surface area contributed by atoms with Gasteiger partial charge in [0.15, 0.2) is 0 Å². The number of nitrogens with one attached hydrogen (secondary N) is 1. The lowest BCUT2D eigenvalue weighted by Gasteiger charge is -2.08. The first-order valence-electron chi connectivity index (χ1n) is 8.04. The van der Waals surface area contributed by atoms with Crippen LogP contribution in [0, 0.1) is 11.3 Å². The van der Waals surface area contributed by atoms with Gasteiger partial charge in [0.25, 0.3) is 0 Å². The van der Waals surface area contributed by atoms with E-state index in [9.17, 15) is 0 Å². The molecule has 4 heteroatoms. The zero-order valence-electron chi connectivity index (χ0n) is 13.2. The lowest BCUT2D eigenvalue weighted by atomic mass is 10.1. The quantitative estimate of drug-likeness (QED) is 0.785. The summed E-state index contributed by atoms with van der Waals surface area (Å²) >= 11 is 0. The standard InChI is InChI=1S/C20H16N4/c21-13-14-3-1-6-17(11-14)19-9-10-22-20(24-19)23-18-8-7-15-4-2-5-16(15)12-18/h1,3,6-12H,2,4-5H2,(H,22,23,24). The van der Waals surface area contributed by atoms with Crippen LogP contribution in [0.1, 0.15) is 23.1 Å². The molecule has 1 aromatic heterocycles. The molecule has 1 aliphatic carbocycles. The molecule has 1 heterocycles. The minimum absolute atomic E-state index is 0.563. The number of aromatic nitrogens is 2. The van der Waals surface area contributed by atoms with Gasteiger partial charge in [0, 0.05) is 17.4 Å². The maximum absolute atomic E-state index is 9.04. The number of aryl methyl sites for hydroxylation is 2. The Labute approximate surface area is 140 Å². The van der Waals surface area contributed by atoms with Crippen molar-refractivity contribution in [3.63, 3.8) is 0 Å². The van der Waals surface area contributed by atoms with Gasteiger partial charge in [-0.25, -0.2) is 9.97 Å². The summed E-state index contributed by atoms with van der Waals surface area (Å²) < 4.78 is 0. The van der Waals surface area contributed by atoms with E-state index in [-0.39, 0.29) is 0 Å². The molecule has 116 valence electrons. The normalized spacial score (nSPS) is 12.5. The molecular weight excluding hydrogens is 296 g/mol. The van der Waals surface area contributed by atoms with Gasteiger partial charge in [-0.3, -0.25) is 0 Å². The number of fused-ring (bicyclic) bond motifs is 1. The Hall–Kier alpha value is -3.19. The highest BCUT2D eigenvalue weighted by Crippen LogP contribution is 2.26. The number of benzene rings is 2. The third-order valence-corrected chi connectivity index (χ3v) is 4.30. The maximum atomic E-state index is 9.04. The predicted molar refractivity (Wildman–Crippen MR) is 93.9 cm³/mol. The van der Waals surface area contributed by atoms with Gasteiger partial charge in [-0.05, 0) is 60.7 Å². The first-order chi connectivity index (χ1) is 11.8. The smallest absolute Gasteiger partial charge is 0.227 e. The lowest BCUT2D eigenvalue weighted by Crippen LogP contribution is -1.98. The van der Waals surface area contributed by atoms with Crippen molar-refractivity contribution in [3.8, 4) is 17.3 Å². The Morgan fingerprint density at radius 3 is 2.83 bits per heavy atom. The minimum atomic E-state index is 0.563. The van der Waals surface area contributed by atoms with Crippen molar-refractivity contribution < 1.29 is 0 Å². The molecule has 0 unspecified atom stereocenters.